The number of hydrogen-bond donors (Lipinski definition) is 2. The summed E-state index contributed by atoms with van der Waals surface area (Å²) in [7, 11) is 3.62. The Hall–Kier alpha value is -0.570. The van der Waals surface area contributed by atoms with Gasteiger partial charge in [-0.25, -0.2) is 0 Å². The fraction of sp³-hybridized carbons (Fsp3) is 0.714. The van der Waals surface area contributed by atoms with Gasteiger partial charge in [-0.1, -0.05) is 0 Å². The molecule has 0 aromatic rings. The minimum Gasteiger partial charge on any atom is -0.469 e. The van der Waals surface area contributed by atoms with Crippen LogP contribution < -0.4 is 10.6 Å². The second-order valence-corrected chi connectivity index (χ2v) is 2.63. The number of rotatable bonds is 1. The van der Waals surface area contributed by atoms with Gasteiger partial charge in [0.05, 0.1) is 0 Å². The van der Waals surface area contributed by atoms with Crippen molar-refractivity contribution >= 4 is 5.91 Å². The standard InChI is InChI=1S/C7H14N2O/c1-8-6-4-2-3-5-9-7(6)10/h6H,1-5,8H2,(H,9,10)/t6-/m0/s1. The van der Waals surface area contributed by atoms with Crippen LogP contribution in [0.4, 0.5) is 0 Å². The highest BCUT2D eigenvalue weighted by Crippen LogP contribution is 2.01. The molecule has 0 saturated carbocycles. The monoisotopic (exact) mass is 142 g/mol. The van der Waals surface area contributed by atoms with E-state index >= 15 is 0 Å². The quantitative estimate of drug-likeness (QED) is 0.454. The first-order valence-electron chi connectivity index (χ1n) is 3.75. The molecule has 1 heterocycles. The van der Waals surface area contributed by atoms with Gasteiger partial charge in [0.1, 0.15) is 6.04 Å². The number of carbonyl (C=O) groups is 1. The Bertz CT molecular complexity index is 125. The van der Waals surface area contributed by atoms with Gasteiger partial charge in [0.2, 0.25) is 0 Å². The zero-order chi connectivity index (χ0) is 7.40. The van der Waals surface area contributed by atoms with Crippen molar-refractivity contribution in [3.8, 4) is 0 Å². The summed E-state index contributed by atoms with van der Waals surface area (Å²) in [5.74, 6) is 0.146. The van der Waals surface area contributed by atoms with E-state index in [0.717, 1.165) is 25.8 Å². The van der Waals surface area contributed by atoms with Crippen molar-refractivity contribution in [3.63, 3.8) is 0 Å². The van der Waals surface area contributed by atoms with Gasteiger partial charge < -0.3 is 10.6 Å². The van der Waals surface area contributed by atoms with Crippen molar-refractivity contribution in [2.45, 2.75) is 25.3 Å². The van der Waals surface area contributed by atoms with Gasteiger partial charge in [-0.05, 0) is 12.8 Å². The average molecular weight is 142 g/mol. The molecule has 0 aliphatic carbocycles. The normalized spacial score (nSPS) is 27.3. The zero-order valence-corrected chi connectivity index (χ0v) is 6.10. The van der Waals surface area contributed by atoms with E-state index in [-0.39, 0.29) is 11.9 Å². The van der Waals surface area contributed by atoms with Crippen LogP contribution in [0, 0.1) is 7.05 Å². The largest absolute Gasteiger partial charge is 0.469 e. The molecule has 0 bridgehead atoms. The van der Waals surface area contributed by atoms with Crippen molar-refractivity contribution in [2.24, 2.45) is 0 Å². The Balaban J connectivity index is 2.43. The zero-order valence-electron chi connectivity index (χ0n) is 6.10. The van der Waals surface area contributed by atoms with Gasteiger partial charge in [-0.3, -0.25) is 4.79 Å². The number of nitrogens with two attached hydrogens (primary N) is 1. The van der Waals surface area contributed by atoms with Crippen LogP contribution in [-0.2, 0) is 4.79 Å². The Morgan fingerprint density at radius 3 is 3.10 bits per heavy atom. The maximum Gasteiger partial charge on any atom is 0.275 e. The molecule has 0 spiro atoms. The van der Waals surface area contributed by atoms with E-state index in [1.165, 1.54) is 0 Å². The summed E-state index contributed by atoms with van der Waals surface area (Å²) in [6.45, 7) is 0.836. The molecule has 1 atom stereocenters. The molecule has 1 aliphatic heterocycles. The predicted molar refractivity (Wildman–Crippen MR) is 37.9 cm³/mol. The molecule has 58 valence electrons. The van der Waals surface area contributed by atoms with Gasteiger partial charge in [-0.15, -0.1) is 0 Å². The SMILES string of the molecule is [CH2-][NH2+][C@H]1CCCCNC1=O. The minimum absolute atomic E-state index is 0.0579. The van der Waals surface area contributed by atoms with Crippen LogP contribution in [0.5, 0.6) is 0 Å². The Kier molecular flexibility index (Phi) is 2.68. The first-order valence-corrected chi connectivity index (χ1v) is 3.75. The number of amides is 1. The molecular weight excluding hydrogens is 128 g/mol. The van der Waals surface area contributed by atoms with Crippen LogP contribution >= 0.6 is 0 Å². The molecule has 1 saturated heterocycles. The smallest absolute Gasteiger partial charge is 0.275 e. The van der Waals surface area contributed by atoms with Gasteiger partial charge >= 0.3 is 0 Å². The Morgan fingerprint density at radius 1 is 1.60 bits per heavy atom. The second kappa shape index (κ2) is 3.56. The highest BCUT2D eigenvalue weighted by atomic mass is 16.2. The van der Waals surface area contributed by atoms with E-state index in [4.69, 9.17) is 0 Å². The van der Waals surface area contributed by atoms with E-state index in [1.807, 2.05) is 0 Å². The summed E-state index contributed by atoms with van der Waals surface area (Å²) in [4.78, 5) is 11.1. The molecule has 0 aromatic heterocycles. The third kappa shape index (κ3) is 1.70. The number of hydrogen-bond acceptors (Lipinski definition) is 1. The summed E-state index contributed by atoms with van der Waals surface area (Å²) in [6.07, 6.45) is 3.21. The van der Waals surface area contributed by atoms with E-state index in [9.17, 15) is 4.79 Å². The first-order chi connectivity index (χ1) is 4.84. The van der Waals surface area contributed by atoms with Crippen molar-refractivity contribution in [1.29, 1.82) is 0 Å². The van der Waals surface area contributed by atoms with E-state index in [2.05, 4.69) is 12.4 Å². The van der Waals surface area contributed by atoms with Crippen LogP contribution in [-0.4, -0.2) is 18.5 Å². The highest BCUT2D eigenvalue weighted by molar-refractivity contribution is 5.80. The molecule has 0 unspecified atom stereocenters. The molecule has 1 fully saturated rings. The predicted octanol–water partition coefficient (Wildman–Crippen LogP) is -0.990. The highest BCUT2D eigenvalue weighted by Gasteiger charge is 2.19. The Labute approximate surface area is 61.2 Å². The first kappa shape index (κ1) is 7.54. The summed E-state index contributed by atoms with van der Waals surface area (Å²) in [6, 6.07) is 0.0579. The topological polar surface area (TPSA) is 45.7 Å². The minimum atomic E-state index is 0.0579. The van der Waals surface area contributed by atoms with Crippen molar-refractivity contribution in [3.05, 3.63) is 7.05 Å². The lowest BCUT2D eigenvalue weighted by atomic mass is 10.1. The van der Waals surface area contributed by atoms with Crippen LogP contribution in [0.3, 0.4) is 0 Å². The van der Waals surface area contributed by atoms with Gasteiger partial charge in [0.25, 0.3) is 5.91 Å². The molecule has 1 amide bonds. The summed E-state index contributed by atoms with van der Waals surface area (Å²) in [5.41, 5.74) is 0. The fourth-order valence-electron chi connectivity index (χ4n) is 1.19. The van der Waals surface area contributed by atoms with Crippen molar-refractivity contribution < 1.29 is 10.1 Å². The van der Waals surface area contributed by atoms with Crippen LogP contribution in [0.1, 0.15) is 19.3 Å². The number of carbonyl (C=O) groups excluding carboxylic acids is 1. The molecular formula is C7H14N2O. The molecule has 0 aromatic carbocycles. The lowest BCUT2D eigenvalue weighted by molar-refractivity contribution is -0.620. The van der Waals surface area contributed by atoms with Crippen LogP contribution in [0.25, 0.3) is 0 Å². The molecule has 0 radical (unpaired) electrons. The number of quaternary nitrogens is 1. The van der Waals surface area contributed by atoms with Crippen molar-refractivity contribution in [1.82, 2.24) is 5.32 Å². The molecule has 3 heteroatoms. The van der Waals surface area contributed by atoms with E-state index < -0.39 is 0 Å². The molecule has 10 heavy (non-hydrogen) atoms. The van der Waals surface area contributed by atoms with Gasteiger partial charge in [0.15, 0.2) is 0 Å². The van der Waals surface area contributed by atoms with Gasteiger partial charge in [-0.2, -0.15) is 7.05 Å². The second-order valence-electron chi connectivity index (χ2n) is 2.63. The summed E-state index contributed by atoms with van der Waals surface area (Å²) in [5, 5.41) is 4.57. The Morgan fingerprint density at radius 2 is 2.40 bits per heavy atom. The molecule has 3 nitrogen and oxygen atoms in total. The maximum absolute atomic E-state index is 11.1. The summed E-state index contributed by atoms with van der Waals surface area (Å²) >= 11 is 0. The lowest BCUT2D eigenvalue weighted by Crippen LogP contribution is -2.86. The third-order valence-electron chi connectivity index (χ3n) is 1.86. The average Bonchev–Trinajstić information content (AvgIpc) is 2.13. The van der Waals surface area contributed by atoms with Crippen molar-refractivity contribution in [2.75, 3.05) is 6.54 Å². The van der Waals surface area contributed by atoms with Crippen LogP contribution in [0.15, 0.2) is 0 Å². The third-order valence-corrected chi connectivity index (χ3v) is 1.86. The molecule has 1 aliphatic rings. The molecule has 1 rings (SSSR count). The summed E-state index contributed by atoms with van der Waals surface area (Å²) < 4.78 is 0. The fourth-order valence-corrected chi connectivity index (χ4v) is 1.19. The van der Waals surface area contributed by atoms with E-state index in [1.54, 1.807) is 5.32 Å². The van der Waals surface area contributed by atoms with E-state index in [0.29, 0.717) is 0 Å². The van der Waals surface area contributed by atoms with Crippen LogP contribution in [0.2, 0.25) is 0 Å². The number of nitrogens with one attached hydrogen (secondary N) is 1. The van der Waals surface area contributed by atoms with Gasteiger partial charge in [0, 0.05) is 13.0 Å². The lowest BCUT2D eigenvalue weighted by Gasteiger charge is -2.11. The molecule has 3 N–H and O–H groups in total. The maximum atomic E-state index is 11.1.